The van der Waals surface area contributed by atoms with E-state index in [2.05, 4.69) is 27.2 Å². The Morgan fingerprint density at radius 3 is 2.37 bits per heavy atom. The van der Waals surface area contributed by atoms with Crippen LogP contribution in [0.3, 0.4) is 0 Å². The summed E-state index contributed by atoms with van der Waals surface area (Å²) in [7, 11) is 1.61. The first kappa shape index (κ1) is 22.8. The molecule has 0 unspecified atom stereocenters. The molecule has 0 radical (unpaired) electrons. The Hall–Kier alpha value is -3.98. The number of methoxy groups -OCH3 is 1. The van der Waals surface area contributed by atoms with Crippen LogP contribution in [-0.2, 0) is 17.9 Å². The maximum atomic E-state index is 13.1. The van der Waals surface area contributed by atoms with Crippen LogP contribution in [0.2, 0.25) is 0 Å². The predicted molar refractivity (Wildman–Crippen MR) is 132 cm³/mol. The minimum absolute atomic E-state index is 0.0854. The van der Waals surface area contributed by atoms with E-state index in [0.717, 1.165) is 30.9 Å². The molecule has 180 valence electrons. The molecule has 35 heavy (non-hydrogen) atoms. The molecule has 9 heteroatoms. The highest BCUT2D eigenvalue weighted by molar-refractivity contribution is 5.76. The number of aryl methyl sites for hydroxylation is 1. The van der Waals surface area contributed by atoms with Crippen LogP contribution in [0.25, 0.3) is 16.8 Å². The third-order valence-corrected chi connectivity index (χ3v) is 6.38. The van der Waals surface area contributed by atoms with Crippen LogP contribution < -0.4 is 10.3 Å². The first-order valence-corrected chi connectivity index (χ1v) is 11.7. The van der Waals surface area contributed by atoms with Crippen LogP contribution in [0.4, 0.5) is 0 Å². The number of nitrogens with zero attached hydrogens (tertiary/aromatic N) is 6. The molecule has 1 aliphatic heterocycles. The van der Waals surface area contributed by atoms with Gasteiger partial charge in [0.1, 0.15) is 23.6 Å². The Morgan fingerprint density at radius 1 is 0.971 bits per heavy atom. The van der Waals surface area contributed by atoms with Gasteiger partial charge in [-0.3, -0.25) is 14.5 Å². The van der Waals surface area contributed by atoms with Gasteiger partial charge in [0.2, 0.25) is 5.91 Å². The lowest BCUT2D eigenvalue weighted by atomic mass is 10.1. The number of rotatable bonds is 6. The van der Waals surface area contributed by atoms with Crippen molar-refractivity contribution < 1.29 is 9.53 Å². The van der Waals surface area contributed by atoms with Crippen LogP contribution in [0.15, 0.2) is 65.5 Å². The van der Waals surface area contributed by atoms with Crippen LogP contribution in [0, 0.1) is 6.92 Å². The zero-order chi connectivity index (χ0) is 24.4. The molecule has 0 saturated carbocycles. The quantitative estimate of drug-likeness (QED) is 0.428. The summed E-state index contributed by atoms with van der Waals surface area (Å²) in [5, 5.41) is 8.92. The number of fused-ring (bicyclic) bond motifs is 1. The fraction of sp³-hybridized carbons (Fsp3) is 0.308. The molecule has 0 atom stereocenters. The molecule has 0 aliphatic carbocycles. The van der Waals surface area contributed by atoms with Crippen LogP contribution >= 0.6 is 0 Å². The summed E-state index contributed by atoms with van der Waals surface area (Å²) in [6.07, 6.45) is 0. The summed E-state index contributed by atoms with van der Waals surface area (Å²) in [4.78, 5) is 30.3. The first-order chi connectivity index (χ1) is 17.0. The summed E-state index contributed by atoms with van der Waals surface area (Å²) < 4.78 is 8.00. The van der Waals surface area contributed by atoms with Gasteiger partial charge in [0.15, 0.2) is 0 Å². The van der Waals surface area contributed by atoms with Gasteiger partial charge >= 0.3 is 0 Å². The molecule has 4 aromatic rings. The number of hydrogen-bond acceptors (Lipinski definition) is 6. The Bertz CT molecular complexity index is 1390. The Morgan fingerprint density at radius 2 is 1.69 bits per heavy atom. The molecule has 1 fully saturated rings. The smallest absolute Gasteiger partial charge is 0.293 e. The highest BCUT2D eigenvalue weighted by atomic mass is 16.5. The second-order valence-corrected chi connectivity index (χ2v) is 8.71. The van der Waals surface area contributed by atoms with Gasteiger partial charge in [-0.1, -0.05) is 30.3 Å². The van der Waals surface area contributed by atoms with E-state index in [1.54, 1.807) is 20.1 Å². The average molecular weight is 473 g/mol. The van der Waals surface area contributed by atoms with Crippen molar-refractivity contribution >= 4 is 11.4 Å². The summed E-state index contributed by atoms with van der Waals surface area (Å²) in [5.41, 5.74) is 2.85. The standard InChI is InChI=1S/C26H28N6O3/c1-19-27-31(18-25(33)30-14-12-29(13-15-30)17-20-6-4-3-5-7-20)26(34)24-16-23(28-32(19)24)21-8-10-22(35-2)11-9-21/h3-11,16H,12-15,17-18H2,1-2H3. The predicted octanol–water partition coefficient (Wildman–Crippen LogP) is 2.22. The summed E-state index contributed by atoms with van der Waals surface area (Å²) in [5.74, 6) is 1.19. The highest BCUT2D eigenvalue weighted by Crippen LogP contribution is 2.22. The SMILES string of the molecule is COc1ccc(-c2cc3c(=O)n(CC(=O)N4CCN(Cc5ccccc5)CC4)nc(C)n3n2)cc1. The van der Waals surface area contributed by atoms with Crippen LogP contribution in [0.5, 0.6) is 5.75 Å². The molecular formula is C26H28N6O3. The second-order valence-electron chi connectivity index (χ2n) is 8.71. The third kappa shape index (κ3) is 4.81. The van der Waals surface area contributed by atoms with Crippen molar-refractivity contribution in [3.8, 4) is 17.0 Å². The highest BCUT2D eigenvalue weighted by Gasteiger charge is 2.23. The van der Waals surface area contributed by atoms with E-state index in [9.17, 15) is 9.59 Å². The van der Waals surface area contributed by atoms with Gasteiger partial charge in [-0.2, -0.15) is 10.2 Å². The lowest BCUT2D eigenvalue weighted by molar-refractivity contribution is -0.133. The molecule has 1 saturated heterocycles. The number of benzene rings is 2. The van der Waals surface area contributed by atoms with Crippen molar-refractivity contribution in [2.75, 3.05) is 33.3 Å². The van der Waals surface area contributed by atoms with Crippen molar-refractivity contribution in [1.29, 1.82) is 0 Å². The van der Waals surface area contributed by atoms with Crippen LogP contribution in [0.1, 0.15) is 11.4 Å². The maximum absolute atomic E-state index is 13.1. The molecule has 2 aromatic carbocycles. The molecule has 3 heterocycles. The topological polar surface area (TPSA) is 85.0 Å². The van der Waals surface area contributed by atoms with E-state index >= 15 is 0 Å². The van der Waals surface area contributed by atoms with E-state index < -0.39 is 0 Å². The zero-order valence-electron chi connectivity index (χ0n) is 19.9. The number of carbonyl (C=O) groups excluding carboxylic acids is 1. The van der Waals surface area contributed by atoms with E-state index in [1.165, 1.54) is 14.8 Å². The number of piperazine rings is 1. The average Bonchev–Trinajstić information content (AvgIpc) is 3.35. The largest absolute Gasteiger partial charge is 0.497 e. The molecule has 0 bridgehead atoms. The summed E-state index contributed by atoms with van der Waals surface area (Å²) in [6, 6.07) is 19.5. The van der Waals surface area contributed by atoms with Crippen molar-refractivity contribution in [2.24, 2.45) is 0 Å². The summed E-state index contributed by atoms with van der Waals surface area (Å²) >= 11 is 0. The molecule has 5 rings (SSSR count). The molecule has 0 spiro atoms. The van der Waals surface area contributed by atoms with Gasteiger partial charge in [0.25, 0.3) is 5.56 Å². The number of aromatic nitrogens is 4. The second kappa shape index (κ2) is 9.71. The van der Waals surface area contributed by atoms with Gasteiger partial charge in [-0.25, -0.2) is 9.20 Å². The van der Waals surface area contributed by atoms with Gasteiger partial charge in [0.05, 0.1) is 12.8 Å². The van der Waals surface area contributed by atoms with Crippen molar-refractivity contribution in [1.82, 2.24) is 29.2 Å². The van der Waals surface area contributed by atoms with Crippen molar-refractivity contribution in [3.63, 3.8) is 0 Å². The van der Waals surface area contributed by atoms with Crippen molar-refractivity contribution in [3.05, 3.63) is 82.4 Å². The molecular weight excluding hydrogens is 444 g/mol. The van der Waals surface area contributed by atoms with Gasteiger partial charge in [-0.15, -0.1) is 0 Å². The molecule has 0 N–H and O–H groups in total. The first-order valence-electron chi connectivity index (χ1n) is 11.7. The zero-order valence-corrected chi connectivity index (χ0v) is 19.9. The van der Waals surface area contributed by atoms with Gasteiger partial charge < -0.3 is 9.64 Å². The molecule has 1 amide bonds. The number of carbonyl (C=O) groups is 1. The number of hydrogen-bond donors (Lipinski definition) is 0. The maximum Gasteiger partial charge on any atom is 0.293 e. The normalized spacial score (nSPS) is 14.4. The van der Waals surface area contributed by atoms with Crippen molar-refractivity contribution in [2.45, 2.75) is 20.0 Å². The lowest BCUT2D eigenvalue weighted by Gasteiger charge is -2.34. The number of amides is 1. The minimum Gasteiger partial charge on any atom is -0.497 e. The lowest BCUT2D eigenvalue weighted by Crippen LogP contribution is -2.49. The van der Waals surface area contributed by atoms with E-state index in [1.807, 2.05) is 47.4 Å². The van der Waals surface area contributed by atoms with Gasteiger partial charge in [0, 0.05) is 38.3 Å². The molecule has 9 nitrogen and oxygen atoms in total. The Kier molecular flexibility index (Phi) is 6.33. The summed E-state index contributed by atoms with van der Waals surface area (Å²) in [6.45, 7) is 5.44. The molecule has 2 aromatic heterocycles. The number of ether oxygens (including phenoxy) is 1. The minimum atomic E-state index is -0.334. The third-order valence-electron chi connectivity index (χ3n) is 6.38. The monoisotopic (exact) mass is 472 g/mol. The van der Waals surface area contributed by atoms with E-state index in [0.29, 0.717) is 30.1 Å². The fourth-order valence-corrected chi connectivity index (χ4v) is 4.41. The van der Waals surface area contributed by atoms with Gasteiger partial charge in [-0.05, 0) is 42.8 Å². The van der Waals surface area contributed by atoms with Crippen LogP contribution in [-0.4, -0.2) is 68.4 Å². The van der Waals surface area contributed by atoms with E-state index in [-0.39, 0.29) is 18.0 Å². The molecule has 1 aliphatic rings. The fourth-order valence-electron chi connectivity index (χ4n) is 4.41. The Labute approximate surface area is 203 Å². The van der Waals surface area contributed by atoms with E-state index in [4.69, 9.17) is 4.74 Å². The Balaban J connectivity index is 1.29.